The summed E-state index contributed by atoms with van der Waals surface area (Å²) in [7, 11) is 1.89. The van der Waals surface area contributed by atoms with Gasteiger partial charge < -0.3 is 15.0 Å². The second kappa shape index (κ2) is 9.46. The minimum atomic E-state index is 0. The summed E-state index contributed by atoms with van der Waals surface area (Å²) in [6, 6.07) is 5.22. The maximum absolute atomic E-state index is 12.0. The smallest absolute Gasteiger partial charge is 0.222 e. The average Bonchev–Trinajstić information content (AvgIpc) is 2.92. The third kappa shape index (κ3) is 5.51. The number of nitrogens with zero attached hydrogens (tertiary/aromatic N) is 1. The minimum Gasteiger partial charge on any atom is -0.488 e. The van der Waals surface area contributed by atoms with E-state index in [0.29, 0.717) is 28.8 Å². The van der Waals surface area contributed by atoms with E-state index < -0.39 is 0 Å². The predicted molar refractivity (Wildman–Crippen MR) is 92.5 cm³/mol. The largest absolute Gasteiger partial charge is 0.488 e. The number of ether oxygens (including phenoxy) is 1. The Morgan fingerprint density at radius 2 is 2.18 bits per heavy atom. The lowest BCUT2D eigenvalue weighted by molar-refractivity contribution is -0.130. The quantitative estimate of drug-likeness (QED) is 0.784. The van der Waals surface area contributed by atoms with E-state index >= 15 is 0 Å². The van der Waals surface area contributed by atoms with Crippen molar-refractivity contribution in [2.45, 2.75) is 25.4 Å². The molecule has 7 heteroatoms. The van der Waals surface area contributed by atoms with Crippen molar-refractivity contribution in [2.24, 2.45) is 0 Å². The van der Waals surface area contributed by atoms with Gasteiger partial charge in [0.2, 0.25) is 5.91 Å². The number of hydrogen-bond donors (Lipinski definition) is 1. The number of amides is 1. The van der Waals surface area contributed by atoms with E-state index in [1.165, 1.54) is 0 Å². The number of carbonyl (C=O) groups excluding carboxylic acids is 1. The average molecular weight is 368 g/mol. The highest BCUT2D eigenvalue weighted by molar-refractivity contribution is 6.42. The number of hydrogen-bond acceptors (Lipinski definition) is 3. The lowest BCUT2D eigenvalue weighted by Crippen LogP contribution is -2.31. The van der Waals surface area contributed by atoms with Crippen LogP contribution in [0.2, 0.25) is 10.0 Å². The molecule has 0 spiro atoms. The molecule has 1 saturated heterocycles. The van der Waals surface area contributed by atoms with E-state index in [1.54, 1.807) is 18.2 Å². The summed E-state index contributed by atoms with van der Waals surface area (Å²) >= 11 is 11.8. The molecular weight excluding hydrogens is 347 g/mol. The van der Waals surface area contributed by atoms with Crippen LogP contribution in [0, 0.1) is 0 Å². The van der Waals surface area contributed by atoms with Crippen molar-refractivity contribution in [3.63, 3.8) is 0 Å². The summed E-state index contributed by atoms with van der Waals surface area (Å²) in [4.78, 5) is 13.9. The van der Waals surface area contributed by atoms with E-state index in [2.05, 4.69) is 5.32 Å². The maximum Gasteiger partial charge on any atom is 0.222 e. The third-order valence-corrected chi connectivity index (χ3v) is 4.25. The molecule has 1 aliphatic heterocycles. The van der Waals surface area contributed by atoms with Gasteiger partial charge in [-0.15, -0.1) is 12.4 Å². The van der Waals surface area contributed by atoms with Gasteiger partial charge in [0.25, 0.3) is 0 Å². The predicted octanol–water partition coefficient (Wildman–Crippen LogP) is 3.39. The Labute approximate surface area is 147 Å². The zero-order valence-corrected chi connectivity index (χ0v) is 14.8. The summed E-state index contributed by atoms with van der Waals surface area (Å²) in [5.74, 6) is 0.893. The molecule has 1 heterocycles. The summed E-state index contributed by atoms with van der Waals surface area (Å²) < 4.78 is 5.87. The van der Waals surface area contributed by atoms with E-state index in [9.17, 15) is 4.79 Å². The number of carbonyl (C=O) groups is 1. The van der Waals surface area contributed by atoms with Crippen molar-refractivity contribution in [2.75, 3.05) is 26.7 Å². The first kappa shape index (κ1) is 19.4. The molecule has 2 rings (SSSR count). The second-order valence-electron chi connectivity index (χ2n) is 5.15. The lowest BCUT2D eigenvalue weighted by atomic mass is 10.3. The summed E-state index contributed by atoms with van der Waals surface area (Å²) in [5.41, 5.74) is 0. The molecule has 0 aliphatic carbocycles. The fourth-order valence-corrected chi connectivity index (χ4v) is 2.66. The lowest BCUT2D eigenvalue weighted by Gasteiger charge is -2.17. The van der Waals surface area contributed by atoms with Crippen LogP contribution in [-0.2, 0) is 4.79 Å². The van der Waals surface area contributed by atoms with Gasteiger partial charge in [-0.1, -0.05) is 23.2 Å². The van der Waals surface area contributed by atoms with Crippen LogP contribution in [0.5, 0.6) is 5.75 Å². The van der Waals surface area contributed by atoms with Crippen LogP contribution in [0.3, 0.4) is 0 Å². The van der Waals surface area contributed by atoms with Gasteiger partial charge in [0, 0.05) is 25.5 Å². The molecule has 1 N–H and O–H groups in total. The van der Waals surface area contributed by atoms with Crippen LogP contribution in [0.15, 0.2) is 18.2 Å². The Hall–Kier alpha value is -0.680. The molecule has 1 aromatic rings. The number of likely N-dealkylation sites (tertiary alicyclic amines) is 1. The Balaban J connectivity index is 0.00000242. The van der Waals surface area contributed by atoms with Crippen molar-refractivity contribution in [3.8, 4) is 5.75 Å². The number of rotatable bonds is 6. The van der Waals surface area contributed by atoms with Gasteiger partial charge in [-0.3, -0.25) is 4.79 Å². The standard InChI is InChI=1S/C15H20Cl2N2O2.ClH/c1-18-7-2-3-15(20)19-8-6-12(10-19)21-11-4-5-13(16)14(17)9-11;/h4-5,9,12,18H,2-3,6-8,10H2,1H3;1H. The highest BCUT2D eigenvalue weighted by atomic mass is 35.5. The molecule has 22 heavy (non-hydrogen) atoms. The van der Waals surface area contributed by atoms with Crippen molar-refractivity contribution in [3.05, 3.63) is 28.2 Å². The Morgan fingerprint density at radius 3 is 2.86 bits per heavy atom. The SMILES string of the molecule is CNCCCC(=O)N1CCC(Oc2ccc(Cl)c(Cl)c2)C1.Cl. The zero-order valence-electron chi connectivity index (χ0n) is 12.5. The van der Waals surface area contributed by atoms with Gasteiger partial charge in [-0.05, 0) is 32.1 Å². The monoisotopic (exact) mass is 366 g/mol. The summed E-state index contributed by atoms with van der Waals surface area (Å²) in [6.45, 7) is 2.26. The zero-order chi connectivity index (χ0) is 15.2. The van der Waals surface area contributed by atoms with Gasteiger partial charge in [-0.25, -0.2) is 0 Å². The molecule has 1 fully saturated rings. The number of nitrogens with one attached hydrogen (secondary N) is 1. The molecule has 1 aromatic carbocycles. The molecule has 4 nitrogen and oxygen atoms in total. The normalized spacial score (nSPS) is 17.2. The molecule has 0 aromatic heterocycles. The first-order valence-electron chi connectivity index (χ1n) is 7.14. The van der Waals surface area contributed by atoms with Crippen molar-refractivity contribution in [1.82, 2.24) is 10.2 Å². The van der Waals surface area contributed by atoms with E-state index in [1.807, 2.05) is 11.9 Å². The van der Waals surface area contributed by atoms with Gasteiger partial charge >= 0.3 is 0 Å². The Morgan fingerprint density at radius 1 is 1.41 bits per heavy atom. The fourth-order valence-electron chi connectivity index (χ4n) is 2.37. The maximum atomic E-state index is 12.0. The van der Waals surface area contributed by atoms with Crippen LogP contribution in [0.1, 0.15) is 19.3 Å². The van der Waals surface area contributed by atoms with Crippen molar-refractivity contribution >= 4 is 41.5 Å². The van der Waals surface area contributed by atoms with Gasteiger partial charge in [-0.2, -0.15) is 0 Å². The Kier molecular flexibility index (Phi) is 8.33. The molecule has 1 atom stereocenters. The van der Waals surface area contributed by atoms with Crippen LogP contribution >= 0.6 is 35.6 Å². The first-order chi connectivity index (χ1) is 10.1. The fraction of sp³-hybridized carbons (Fsp3) is 0.533. The second-order valence-corrected chi connectivity index (χ2v) is 5.97. The summed E-state index contributed by atoms with van der Waals surface area (Å²) in [6.07, 6.45) is 2.32. The van der Waals surface area contributed by atoms with E-state index in [0.717, 1.165) is 25.9 Å². The number of halogens is 3. The van der Waals surface area contributed by atoms with E-state index in [4.69, 9.17) is 27.9 Å². The molecule has 1 unspecified atom stereocenters. The molecule has 1 amide bonds. The van der Waals surface area contributed by atoms with Crippen LogP contribution in [0.4, 0.5) is 0 Å². The highest BCUT2D eigenvalue weighted by Crippen LogP contribution is 2.28. The van der Waals surface area contributed by atoms with Crippen LogP contribution < -0.4 is 10.1 Å². The van der Waals surface area contributed by atoms with Gasteiger partial charge in [0.05, 0.1) is 16.6 Å². The van der Waals surface area contributed by atoms with Crippen LogP contribution in [0.25, 0.3) is 0 Å². The molecule has 0 bridgehead atoms. The minimum absolute atomic E-state index is 0. The summed E-state index contributed by atoms with van der Waals surface area (Å²) in [5, 5.41) is 4.04. The van der Waals surface area contributed by atoms with Crippen molar-refractivity contribution in [1.29, 1.82) is 0 Å². The van der Waals surface area contributed by atoms with Gasteiger partial charge in [0.15, 0.2) is 0 Å². The topological polar surface area (TPSA) is 41.6 Å². The van der Waals surface area contributed by atoms with Crippen molar-refractivity contribution < 1.29 is 9.53 Å². The number of benzene rings is 1. The molecule has 124 valence electrons. The molecular formula is C15H21Cl3N2O2. The highest BCUT2D eigenvalue weighted by Gasteiger charge is 2.27. The molecule has 1 aliphatic rings. The van der Waals surface area contributed by atoms with Crippen LogP contribution in [-0.4, -0.2) is 43.6 Å². The first-order valence-corrected chi connectivity index (χ1v) is 7.90. The third-order valence-electron chi connectivity index (χ3n) is 3.51. The molecule has 0 saturated carbocycles. The molecule has 0 radical (unpaired) electrons. The Bertz CT molecular complexity index is 500. The van der Waals surface area contributed by atoms with E-state index in [-0.39, 0.29) is 24.4 Å². The van der Waals surface area contributed by atoms with Gasteiger partial charge in [0.1, 0.15) is 11.9 Å².